The molecule has 156 valence electrons. The molecule has 0 aromatic heterocycles. The Bertz CT molecular complexity index is 836. The topological polar surface area (TPSA) is 54.9 Å². The zero-order chi connectivity index (χ0) is 20.7. The van der Waals surface area contributed by atoms with Gasteiger partial charge in [0.25, 0.3) is 0 Å². The lowest BCUT2D eigenvalue weighted by molar-refractivity contribution is -0.153. The van der Waals surface area contributed by atoms with E-state index in [4.69, 9.17) is 9.47 Å². The summed E-state index contributed by atoms with van der Waals surface area (Å²) in [5.41, 5.74) is 3.41. The van der Waals surface area contributed by atoms with Crippen molar-refractivity contribution >= 4 is 5.96 Å². The van der Waals surface area contributed by atoms with E-state index < -0.39 is 12.8 Å². The van der Waals surface area contributed by atoms with E-state index in [1.807, 2.05) is 6.07 Å². The van der Waals surface area contributed by atoms with Crippen LogP contribution < -0.4 is 20.1 Å². The number of fused-ring (bicyclic) bond motifs is 1. The number of hydrogen-bond donors (Lipinski definition) is 2. The lowest BCUT2D eigenvalue weighted by atomic mass is 10.1. The minimum atomic E-state index is -4.34. The standard InChI is InChI=1S/C21H24F3N3O2/c1-25-20(26-10-8-15-4-7-19-17(12-15)9-11-28-19)27-13-16-2-5-18(6-3-16)29-14-21(22,23)24/h2-7,12H,8-11,13-14H2,1H3,(H2,25,26,27). The molecular formula is C21H24F3N3O2. The number of halogens is 3. The van der Waals surface area contributed by atoms with Crippen LogP contribution in [0.3, 0.4) is 0 Å². The van der Waals surface area contributed by atoms with Crippen LogP contribution >= 0.6 is 0 Å². The molecule has 0 amide bonds. The van der Waals surface area contributed by atoms with Crippen LogP contribution in [0.5, 0.6) is 11.5 Å². The van der Waals surface area contributed by atoms with Gasteiger partial charge >= 0.3 is 6.18 Å². The quantitative estimate of drug-likeness (QED) is 0.545. The van der Waals surface area contributed by atoms with Crippen molar-refractivity contribution in [3.63, 3.8) is 0 Å². The first-order chi connectivity index (χ1) is 13.9. The fourth-order valence-electron chi connectivity index (χ4n) is 3.00. The molecule has 0 spiro atoms. The van der Waals surface area contributed by atoms with Crippen molar-refractivity contribution < 1.29 is 22.6 Å². The van der Waals surface area contributed by atoms with Crippen molar-refractivity contribution in [2.24, 2.45) is 4.99 Å². The van der Waals surface area contributed by atoms with Gasteiger partial charge in [0.1, 0.15) is 11.5 Å². The minimum absolute atomic E-state index is 0.188. The summed E-state index contributed by atoms with van der Waals surface area (Å²) in [4.78, 5) is 4.19. The third-order valence-corrected chi connectivity index (χ3v) is 4.47. The Labute approximate surface area is 167 Å². The number of benzene rings is 2. The van der Waals surface area contributed by atoms with Crippen LogP contribution in [0, 0.1) is 0 Å². The van der Waals surface area contributed by atoms with Gasteiger partial charge in [0.05, 0.1) is 6.61 Å². The zero-order valence-electron chi connectivity index (χ0n) is 16.2. The SMILES string of the molecule is CN=C(NCCc1ccc2c(c1)CCO2)NCc1ccc(OCC(F)(F)F)cc1. The van der Waals surface area contributed by atoms with E-state index in [1.54, 1.807) is 19.2 Å². The number of ether oxygens (including phenoxy) is 2. The maximum atomic E-state index is 12.2. The normalized spacial score (nSPS) is 13.6. The smallest absolute Gasteiger partial charge is 0.422 e. The molecule has 0 aliphatic carbocycles. The molecule has 1 aliphatic rings. The van der Waals surface area contributed by atoms with Crippen LogP contribution in [0.25, 0.3) is 0 Å². The Morgan fingerprint density at radius 1 is 1.10 bits per heavy atom. The van der Waals surface area contributed by atoms with Gasteiger partial charge < -0.3 is 20.1 Å². The average molecular weight is 407 g/mol. The molecule has 0 saturated carbocycles. The van der Waals surface area contributed by atoms with E-state index in [1.165, 1.54) is 23.3 Å². The minimum Gasteiger partial charge on any atom is -0.493 e. The summed E-state index contributed by atoms with van der Waals surface area (Å²) in [6, 6.07) is 12.8. The molecular weight excluding hydrogens is 383 g/mol. The first-order valence-corrected chi connectivity index (χ1v) is 9.40. The van der Waals surface area contributed by atoms with Gasteiger partial charge in [-0.05, 0) is 41.3 Å². The highest BCUT2D eigenvalue weighted by Gasteiger charge is 2.28. The van der Waals surface area contributed by atoms with Gasteiger partial charge in [0.2, 0.25) is 0 Å². The molecule has 1 aliphatic heterocycles. The Morgan fingerprint density at radius 2 is 1.86 bits per heavy atom. The van der Waals surface area contributed by atoms with Crippen LogP contribution in [0.1, 0.15) is 16.7 Å². The molecule has 0 fully saturated rings. The zero-order valence-corrected chi connectivity index (χ0v) is 16.2. The predicted octanol–water partition coefficient (Wildman–Crippen LogP) is 3.47. The van der Waals surface area contributed by atoms with E-state index in [9.17, 15) is 13.2 Å². The molecule has 2 aromatic carbocycles. The van der Waals surface area contributed by atoms with Crippen molar-refractivity contribution in [2.75, 3.05) is 26.8 Å². The van der Waals surface area contributed by atoms with Gasteiger partial charge in [-0.15, -0.1) is 0 Å². The summed E-state index contributed by atoms with van der Waals surface area (Å²) in [6.45, 7) is 0.681. The Morgan fingerprint density at radius 3 is 2.59 bits per heavy atom. The maximum Gasteiger partial charge on any atom is 0.422 e. The summed E-state index contributed by atoms with van der Waals surface area (Å²) in [6.07, 6.45) is -2.52. The summed E-state index contributed by atoms with van der Waals surface area (Å²) >= 11 is 0. The fourth-order valence-corrected chi connectivity index (χ4v) is 3.00. The first kappa shape index (κ1) is 20.8. The Kier molecular flexibility index (Phi) is 6.85. The average Bonchev–Trinajstić information content (AvgIpc) is 3.17. The lowest BCUT2D eigenvalue weighted by Gasteiger charge is -2.13. The second-order valence-electron chi connectivity index (χ2n) is 6.69. The van der Waals surface area contributed by atoms with Crippen molar-refractivity contribution in [1.82, 2.24) is 10.6 Å². The van der Waals surface area contributed by atoms with E-state index in [0.717, 1.165) is 37.3 Å². The molecule has 8 heteroatoms. The fraction of sp³-hybridized carbons (Fsp3) is 0.381. The molecule has 0 unspecified atom stereocenters. The second-order valence-corrected chi connectivity index (χ2v) is 6.69. The second kappa shape index (κ2) is 9.54. The summed E-state index contributed by atoms with van der Waals surface area (Å²) in [5.74, 6) is 1.83. The van der Waals surface area contributed by atoms with Gasteiger partial charge in [-0.1, -0.05) is 24.3 Å². The summed E-state index contributed by atoms with van der Waals surface area (Å²) in [5, 5.41) is 6.45. The van der Waals surface area contributed by atoms with Crippen molar-refractivity contribution in [3.8, 4) is 11.5 Å². The molecule has 5 nitrogen and oxygen atoms in total. The van der Waals surface area contributed by atoms with Crippen molar-refractivity contribution in [1.29, 1.82) is 0 Å². The molecule has 1 heterocycles. The first-order valence-electron chi connectivity index (χ1n) is 9.40. The predicted molar refractivity (Wildman–Crippen MR) is 106 cm³/mol. The number of nitrogens with one attached hydrogen (secondary N) is 2. The van der Waals surface area contributed by atoms with Crippen molar-refractivity contribution in [3.05, 3.63) is 59.2 Å². The van der Waals surface area contributed by atoms with Crippen LogP contribution in [0.15, 0.2) is 47.5 Å². The van der Waals surface area contributed by atoms with E-state index in [2.05, 4.69) is 27.8 Å². The highest BCUT2D eigenvalue weighted by atomic mass is 19.4. The highest BCUT2D eigenvalue weighted by molar-refractivity contribution is 5.79. The monoisotopic (exact) mass is 407 g/mol. The van der Waals surface area contributed by atoms with Gasteiger partial charge in [-0.2, -0.15) is 13.2 Å². The number of guanidine groups is 1. The molecule has 0 atom stereocenters. The van der Waals surface area contributed by atoms with Gasteiger partial charge in [-0.3, -0.25) is 4.99 Å². The van der Waals surface area contributed by atoms with Gasteiger partial charge in [-0.25, -0.2) is 0 Å². The van der Waals surface area contributed by atoms with Crippen molar-refractivity contribution in [2.45, 2.75) is 25.6 Å². The molecule has 0 bridgehead atoms. The third kappa shape index (κ3) is 6.58. The highest BCUT2D eigenvalue weighted by Crippen LogP contribution is 2.25. The number of hydrogen-bond acceptors (Lipinski definition) is 3. The maximum absolute atomic E-state index is 12.2. The van der Waals surface area contributed by atoms with Crippen LogP contribution in [0.4, 0.5) is 13.2 Å². The summed E-state index contributed by atoms with van der Waals surface area (Å²) < 4.78 is 46.8. The number of alkyl halides is 3. The molecule has 29 heavy (non-hydrogen) atoms. The van der Waals surface area contributed by atoms with E-state index in [0.29, 0.717) is 12.5 Å². The lowest BCUT2D eigenvalue weighted by Crippen LogP contribution is -2.37. The molecule has 2 N–H and O–H groups in total. The van der Waals surface area contributed by atoms with Gasteiger partial charge in [0.15, 0.2) is 12.6 Å². The van der Waals surface area contributed by atoms with Crippen LogP contribution in [-0.2, 0) is 19.4 Å². The number of aliphatic imine (C=N–C) groups is 1. The Balaban J connectivity index is 1.41. The van der Waals surface area contributed by atoms with E-state index in [-0.39, 0.29) is 5.75 Å². The van der Waals surface area contributed by atoms with Crippen LogP contribution in [0.2, 0.25) is 0 Å². The molecule has 2 aromatic rings. The molecule has 0 radical (unpaired) electrons. The largest absolute Gasteiger partial charge is 0.493 e. The van der Waals surface area contributed by atoms with Crippen LogP contribution in [-0.4, -0.2) is 38.9 Å². The van der Waals surface area contributed by atoms with E-state index >= 15 is 0 Å². The third-order valence-electron chi connectivity index (χ3n) is 4.47. The summed E-state index contributed by atoms with van der Waals surface area (Å²) in [7, 11) is 1.69. The van der Waals surface area contributed by atoms with Gasteiger partial charge in [0, 0.05) is 26.6 Å². The molecule has 0 saturated heterocycles. The Hall–Kier alpha value is -2.90. The number of nitrogens with zero attached hydrogens (tertiary/aromatic N) is 1. The number of rotatable bonds is 7. The molecule has 3 rings (SSSR count).